The van der Waals surface area contributed by atoms with Gasteiger partial charge in [0.2, 0.25) is 10.0 Å². The molecule has 0 aromatic carbocycles. The average Bonchev–Trinajstić information content (AvgIpc) is 2.70. The molecule has 0 aliphatic carbocycles. The standard InChI is InChI=1S/C12H23NO4S2/c1-5-10-13(9(8-18-10)11(14)15)19(16,17)7-6-12(2,3)4/h9-10H,5-8H2,1-4H3,(H,14,15). The van der Waals surface area contributed by atoms with Gasteiger partial charge in [0.05, 0.1) is 11.1 Å². The maximum Gasteiger partial charge on any atom is 0.322 e. The fourth-order valence-electron chi connectivity index (χ4n) is 1.94. The van der Waals surface area contributed by atoms with Crippen molar-refractivity contribution in [2.45, 2.75) is 52.0 Å². The summed E-state index contributed by atoms with van der Waals surface area (Å²) >= 11 is 1.41. The van der Waals surface area contributed by atoms with Crippen molar-refractivity contribution in [3.05, 3.63) is 0 Å². The highest BCUT2D eigenvalue weighted by Gasteiger charge is 2.44. The van der Waals surface area contributed by atoms with Gasteiger partial charge in [-0.05, 0) is 18.3 Å². The van der Waals surface area contributed by atoms with Crippen LogP contribution in [0.3, 0.4) is 0 Å². The molecule has 1 rings (SSSR count). The Morgan fingerprint density at radius 1 is 1.42 bits per heavy atom. The molecule has 2 atom stereocenters. The molecule has 0 radical (unpaired) electrons. The maximum atomic E-state index is 12.4. The predicted octanol–water partition coefficient (Wildman–Crippen LogP) is 1.99. The fraction of sp³-hybridized carbons (Fsp3) is 0.917. The highest BCUT2D eigenvalue weighted by atomic mass is 32.2. The Balaban J connectivity index is 2.91. The van der Waals surface area contributed by atoms with Crippen LogP contribution in [0.1, 0.15) is 40.5 Å². The fourth-order valence-corrected chi connectivity index (χ4v) is 5.99. The summed E-state index contributed by atoms with van der Waals surface area (Å²) in [5.41, 5.74) is -0.0830. The van der Waals surface area contributed by atoms with E-state index >= 15 is 0 Å². The van der Waals surface area contributed by atoms with Crippen molar-refractivity contribution in [1.29, 1.82) is 0 Å². The first kappa shape index (κ1) is 16.8. The van der Waals surface area contributed by atoms with Gasteiger partial charge in [-0.3, -0.25) is 4.79 Å². The number of rotatable bonds is 5. The van der Waals surface area contributed by atoms with E-state index in [1.165, 1.54) is 16.1 Å². The molecular formula is C12H23NO4S2. The zero-order valence-corrected chi connectivity index (χ0v) is 13.6. The van der Waals surface area contributed by atoms with Crippen LogP contribution in [-0.4, -0.2) is 46.7 Å². The normalized spacial score (nSPS) is 25.7. The summed E-state index contributed by atoms with van der Waals surface area (Å²) in [5, 5.41) is 8.92. The van der Waals surface area contributed by atoms with Crippen LogP contribution in [0.2, 0.25) is 0 Å². The first-order valence-corrected chi connectivity index (χ1v) is 9.10. The first-order valence-electron chi connectivity index (χ1n) is 6.44. The molecule has 5 nitrogen and oxygen atoms in total. The van der Waals surface area contributed by atoms with Crippen molar-refractivity contribution in [3.63, 3.8) is 0 Å². The molecule has 1 aliphatic heterocycles. The van der Waals surface area contributed by atoms with Gasteiger partial charge in [-0.15, -0.1) is 11.8 Å². The van der Waals surface area contributed by atoms with Crippen molar-refractivity contribution in [2.75, 3.05) is 11.5 Å². The van der Waals surface area contributed by atoms with Crippen LogP contribution in [0.5, 0.6) is 0 Å². The van der Waals surface area contributed by atoms with Crippen molar-refractivity contribution in [2.24, 2.45) is 5.41 Å². The van der Waals surface area contributed by atoms with Crippen molar-refractivity contribution < 1.29 is 18.3 Å². The Morgan fingerprint density at radius 2 is 2.00 bits per heavy atom. The molecule has 7 heteroatoms. The predicted molar refractivity (Wildman–Crippen MR) is 77.7 cm³/mol. The minimum atomic E-state index is -3.52. The monoisotopic (exact) mass is 309 g/mol. The number of hydrogen-bond acceptors (Lipinski definition) is 4. The lowest BCUT2D eigenvalue weighted by Gasteiger charge is -2.27. The lowest BCUT2D eigenvalue weighted by Crippen LogP contribution is -2.46. The summed E-state index contributed by atoms with van der Waals surface area (Å²) < 4.78 is 26.0. The van der Waals surface area contributed by atoms with E-state index in [4.69, 9.17) is 5.11 Å². The Hall–Kier alpha value is -0.270. The van der Waals surface area contributed by atoms with E-state index in [-0.39, 0.29) is 16.5 Å². The summed E-state index contributed by atoms with van der Waals surface area (Å²) in [6.45, 7) is 7.82. The van der Waals surface area contributed by atoms with Gasteiger partial charge in [-0.2, -0.15) is 4.31 Å². The van der Waals surface area contributed by atoms with E-state index < -0.39 is 22.0 Å². The molecular weight excluding hydrogens is 286 g/mol. The number of carboxylic acids is 1. The third-order valence-electron chi connectivity index (χ3n) is 3.10. The number of hydrogen-bond donors (Lipinski definition) is 1. The van der Waals surface area contributed by atoms with Gasteiger partial charge in [0.1, 0.15) is 6.04 Å². The third kappa shape index (κ3) is 4.36. The molecule has 2 unspecified atom stereocenters. The molecule has 1 heterocycles. The van der Waals surface area contributed by atoms with Gasteiger partial charge >= 0.3 is 5.97 Å². The molecule has 19 heavy (non-hydrogen) atoms. The van der Waals surface area contributed by atoms with Gasteiger partial charge in [0.15, 0.2) is 0 Å². The highest BCUT2D eigenvalue weighted by Crippen LogP contribution is 2.35. The van der Waals surface area contributed by atoms with Gasteiger partial charge < -0.3 is 5.11 Å². The molecule has 1 saturated heterocycles. The molecule has 0 bridgehead atoms. The van der Waals surface area contributed by atoms with Crippen LogP contribution in [-0.2, 0) is 14.8 Å². The van der Waals surface area contributed by atoms with Gasteiger partial charge in [0.25, 0.3) is 0 Å². The zero-order valence-electron chi connectivity index (χ0n) is 11.9. The molecule has 1 fully saturated rings. The van der Waals surface area contributed by atoms with Crippen LogP contribution in [0.15, 0.2) is 0 Å². The van der Waals surface area contributed by atoms with Crippen LogP contribution >= 0.6 is 11.8 Å². The van der Waals surface area contributed by atoms with E-state index in [0.717, 1.165) is 0 Å². The maximum absolute atomic E-state index is 12.4. The number of nitrogens with zero attached hydrogens (tertiary/aromatic N) is 1. The van der Waals surface area contributed by atoms with Crippen molar-refractivity contribution in [3.8, 4) is 0 Å². The van der Waals surface area contributed by atoms with Crippen LogP contribution < -0.4 is 0 Å². The molecule has 0 amide bonds. The van der Waals surface area contributed by atoms with Crippen LogP contribution in [0, 0.1) is 5.41 Å². The average molecular weight is 309 g/mol. The summed E-state index contributed by atoms with van der Waals surface area (Å²) in [6, 6.07) is -0.917. The summed E-state index contributed by atoms with van der Waals surface area (Å²) in [6.07, 6.45) is 1.16. The largest absolute Gasteiger partial charge is 0.480 e. The number of carboxylic acid groups (broad SMARTS) is 1. The van der Waals surface area contributed by atoms with Gasteiger partial charge in [-0.1, -0.05) is 27.7 Å². The quantitative estimate of drug-likeness (QED) is 0.840. The Bertz CT molecular complexity index is 428. The molecule has 112 valence electrons. The highest BCUT2D eigenvalue weighted by molar-refractivity contribution is 8.01. The SMILES string of the molecule is CCC1SCC(C(=O)O)N1S(=O)(=O)CCC(C)(C)C. The van der Waals surface area contributed by atoms with Crippen molar-refractivity contribution in [1.82, 2.24) is 4.31 Å². The zero-order chi connectivity index (χ0) is 14.8. The van der Waals surface area contributed by atoms with Crippen LogP contribution in [0.25, 0.3) is 0 Å². The minimum absolute atomic E-state index is 0.0112. The lowest BCUT2D eigenvalue weighted by atomic mass is 9.94. The van der Waals surface area contributed by atoms with Gasteiger partial charge in [-0.25, -0.2) is 8.42 Å². The first-order chi connectivity index (χ1) is 8.58. The summed E-state index contributed by atoms with van der Waals surface area (Å²) in [4.78, 5) is 11.2. The number of carbonyl (C=O) groups is 1. The van der Waals surface area contributed by atoms with Gasteiger partial charge in [0, 0.05) is 5.75 Å². The second-order valence-electron chi connectivity index (χ2n) is 6.01. The van der Waals surface area contributed by atoms with E-state index in [1.807, 2.05) is 27.7 Å². The molecule has 0 aromatic rings. The molecule has 0 aromatic heterocycles. The van der Waals surface area contributed by atoms with E-state index in [0.29, 0.717) is 18.6 Å². The molecule has 0 saturated carbocycles. The van der Waals surface area contributed by atoms with Crippen LogP contribution in [0.4, 0.5) is 0 Å². The number of aliphatic carboxylic acids is 1. The molecule has 0 spiro atoms. The molecule has 1 aliphatic rings. The lowest BCUT2D eigenvalue weighted by molar-refractivity contribution is -0.140. The smallest absolute Gasteiger partial charge is 0.322 e. The summed E-state index contributed by atoms with van der Waals surface area (Å²) in [5.74, 6) is -0.706. The van der Waals surface area contributed by atoms with E-state index in [2.05, 4.69) is 0 Å². The van der Waals surface area contributed by atoms with Crippen molar-refractivity contribution >= 4 is 27.8 Å². The second kappa shape index (κ2) is 6.01. The molecule has 1 N–H and O–H groups in total. The number of thioether (sulfide) groups is 1. The third-order valence-corrected chi connectivity index (χ3v) is 6.56. The number of sulfonamides is 1. The summed E-state index contributed by atoms with van der Waals surface area (Å²) in [7, 11) is -3.52. The Morgan fingerprint density at radius 3 is 2.42 bits per heavy atom. The van der Waals surface area contributed by atoms with E-state index in [1.54, 1.807) is 0 Å². The van der Waals surface area contributed by atoms with E-state index in [9.17, 15) is 13.2 Å². The Kier molecular flexibility index (Phi) is 5.31. The Labute approximate surface area is 119 Å². The minimum Gasteiger partial charge on any atom is -0.480 e. The second-order valence-corrected chi connectivity index (χ2v) is 9.21. The topological polar surface area (TPSA) is 74.7 Å².